The minimum atomic E-state index is -3.22. The highest BCUT2D eigenvalue weighted by atomic mass is 31.2. The molecule has 0 aliphatic rings. The summed E-state index contributed by atoms with van der Waals surface area (Å²) < 4.78 is 17.7. The molecule has 4 heteroatoms. The molecule has 0 aliphatic heterocycles. The summed E-state index contributed by atoms with van der Waals surface area (Å²) >= 11 is 0. The van der Waals surface area contributed by atoms with Gasteiger partial charge in [-0.05, 0) is 38.8 Å². The Hall–Kier alpha value is -0.920. The Balaban J connectivity index is 3.31. The van der Waals surface area contributed by atoms with Crippen LogP contribution in [0, 0.1) is 20.8 Å². The van der Waals surface area contributed by atoms with E-state index in [0.717, 1.165) is 16.7 Å². The fraction of sp³-hybridized carbons (Fsp3) is 0.500. The van der Waals surface area contributed by atoms with Gasteiger partial charge in [-0.1, -0.05) is 24.6 Å². The molecule has 1 rings (SSSR count). The Morgan fingerprint density at radius 1 is 1.17 bits per heavy atom. The van der Waals surface area contributed by atoms with Crippen LogP contribution in [0.4, 0.5) is 0 Å². The van der Waals surface area contributed by atoms with Crippen LogP contribution in [0.15, 0.2) is 12.1 Å². The van der Waals surface area contributed by atoms with Gasteiger partial charge in [0, 0.05) is 11.7 Å². The molecular formula is C14H21O3P. The summed E-state index contributed by atoms with van der Waals surface area (Å²) in [6.45, 7) is 9.51. The van der Waals surface area contributed by atoms with Crippen LogP contribution in [0.3, 0.4) is 0 Å². The third-order valence-corrected chi connectivity index (χ3v) is 5.30. The first-order chi connectivity index (χ1) is 8.35. The number of hydrogen-bond donors (Lipinski definition) is 0. The minimum Gasteiger partial charge on any atom is -0.323 e. The summed E-state index contributed by atoms with van der Waals surface area (Å²) in [5.41, 5.74) is 3.04. The first-order valence-electron chi connectivity index (χ1n) is 6.22. The van der Waals surface area contributed by atoms with Crippen molar-refractivity contribution >= 4 is 12.9 Å². The normalized spacial score (nSPS) is 14.3. The monoisotopic (exact) mass is 268 g/mol. The van der Waals surface area contributed by atoms with Crippen molar-refractivity contribution in [2.24, 2.45) is 0 Å². The van der Waals surface area contributed by atoms with Gasteiger partial charge in [0.15, 0.2) is 0 Å². The van der Waals surface area contributed by atoms with Crippen LogP contribution in [0.2, 0.25) is 0 Å². The highest BCUT2D eigenvalue weighted by molar-refractivity contribution is 7.76. The summed E-state index contributed by atoms with van der Waals surface area (Å²) in [4.78, 5) is 12.5. The first kappa shape index (κ1) is 15.1. The van der Waals surface area contributed by atoms with E-state index in [1.54, 1.807) is 13.8 Å². The van der Waals surface area contributed by atoms with Crippen molar-refractivity contribution in [2.75, 3.05) is 12.8 Å². The van der Waals surface area contributed by atoms with E-state index in [1.807, 2.05) is 32.9 Å². The van der Waals surface area contributed by atoms with E-state index in [9.17, 15) is 9.36 Å². The molecule has 1 atom stereocenters. The Morgan fingerprint density at radius 3 is 2.06 bits per heavy atom. The highest BCUT2D eigenvalue weighted by Gasteiger charge is 2.33. The molecule has 0 saturated carbocycles. The summed E-state index contributed by atoms with van der Waals surface area (Å²) in [5, 5.41) is 0. The second kappa shape index (κ2) is 5.81. The van der Waals surface area contributed by atoms with E-state index >= 15 is 0 Å². The maximum absolute atomic E-state index is 12.5. The van der Waals surface area contributed by atoms with E-state index in [-0.39, 0.29) is 11.7 Å². The van der Waals surface area contributed by atoms with E-state index in [2.05, 4.69) is 0 Å². The topological polar surface area (TPSA) is 43.4 Å². The molecule has 1 aromatic carbocycles. The van der Waals surface area contributed by atoms with Crippen molar-refractivity contribution in [3.8, 4) is 0 Å². The second-order valence-electron chi connectivity index (χ2n) is 4.49. The van der Waals surface area contributed by atoms with Crippen LogP contribution in [0.5, 0.6) is 0 Å². The van der Waals surface area contributed by atoms with E-state index < -0.39 is 7.37 Å². The summed E-state index contributed by atoms with van der Waals surface area (Å²) in [6.07, 6.45) is 0.242. The van der Waals surface area contributed by atoms with Crippen LogP contribution in [0.25, 0.3) is 0 Å². The molecule has 0 radical (unpaired) electrons. The zero-order valence-electron chi connectivity index (χ0n) is 11.7. The summed E-state index contributed by atoms with van der Waals surface area (Å²) in [5.74, 6) is 0. The molecule has 100 valence electrons. The zero-order chi connectivity index (χ0) is 13.9. The maximum atomic E-state index is 12.5. The van der Waals surface area contributed by atoms with Crippen molar-refractivity contribution in [1.82, 2.24) is 0 Å². The second-order valence-corrected chi connectivity index (χ2v) is 7.13. The zero-order valence-corrected chi connectivity index (χ0v) is 12.6. The quantitative estimate of drug-likeness (QED) is 0.755. The van der Waals surface area contributed by atoms with Gasteiger partial charge in [-0.3, -0.25) is 9.36 Å². The average molecular weight is 268 g/mol. The van der Waals surface area contributed by atoms with Gasteiger partial charge in [0.05, 0.1) is 6.61 Å². The molecule has 0 fully saturated rings. The van der Waals surface area contributed by atoms with Gasteiger partial charge in [0.2, 0.25) is 5.52 Å². The van der Waals surface area contributed by atoms with Crippen molar-refractivity contribution in [2.45, 2.75) is 34.6 Å². The lowest BCUT2D eigenvalue weighted by Gasteiger charge is -2.17. The smallest absolute Gasteiger partial charge is 0.271 e. The van der Waals surface area contributed by atoms with Gasteiger partial charge < -0.3 is 4.52 Å². The molecule has 0 spiro atoms. The van der Waals surface area contributed by atoms with Gasteiger partial charge in [0.25, 0.3) is 7.37 Å². The highest BCUT2D eigenvalue weighted by Crippen LogP contribution is 2.50. The van der Waals surface area contributed by atoms with Gasteiger partial charge in [-0.2, -0.15) is 0 Å². The largest absolute Gasteiger partial charge is 0.323 e. The number of benzene rings is 1. The molecule has 0 N–H and O–H groups in total. The van der Waals surface area contributed by atoms with E-state index in [0.29, 0.717) is 12.2 Å². The van der Waals surface area contributed by atoms with Crippen LogP contribution in [-0.2, 0) is 9.09 Å². The number of carbonyl (C=O) groups excluding carboxylic acids is 1. The Labute approximate surface area is 109 Å². The molecule has 0 heterocycles. The lowest BCUT2D eigenvalue weighted by Crippen LogP contribution is -2.10. The predicted octanol–water partition coefficient (Wildman–Crippen LogP) is 4.09. The lowest BCUT2D eigenvalue weighted by molar-refractivity contribution is 0.105. The number of aryl methyl sites for hydroxylation is 3. The van der Waals surface area contributed by atoms with Crippen molar-refractivity contribution in [3.63, 3.8) is 0 Å². The third kappa shape index (κ3) is 2.90. The first-order valence-corrected chi connectivity index (χ1v) is 8.03. The predicted molar refractivity (Wildman–Crippen MR) is 74.8 cm³/mol. The van der Waals surface area contributed by atoms with Gasteiger partial charge in [-0.15, -0.1) is 0 Å². The lowest BCUT2D eigenvalue weighted by atomic mass is 10.0. The molecule has 1 aromatic rings. The van der Waals surface area contributed by atoms with E-state index in [4.69, 9.17) is 4.52 Å². The van der Waals surface area contributed by atoms with Crippen LogP contribution in [-0.4, -0.2) is 18.3 Å². The molecule has 0 saturated heterocycles. The number of rotatable bonds is 5. The molecule has 1 unspecified atom stereocenters. The van der Waals surface area contributed by atoms with Gasteiger partial charge in [-0.25, -0.2) is 0 Å². The molecule has 18 heavy (non-hydrogen) atoms. The Kier molecular flexibility index (Phi) is 4.89. The molecule has 0 amide bonds. The molecular weight excluding hydrogens is 247 g/mol. The molecule has 0 aromatic heterocycles. The van der Waals surface area contributed by atoms with Crippen LogP contribution in [0.1, 0.15) is 40.9 Å². The maximum Gasteiger partial charge on any atom is 0.271 e. The van der Waals surface area contributed by atoms with E-state index in [1.165, 1.54) is 0 Å². The summed E-state index contributed by atoms with van der Waals surface area (Å²) in [7, 11) is -3.22. The fourth-order valence-corrected chi connectivity index (χ4v) is 3.89. The van der Waals surface area contributed by atoms with Crippen molar-refractivity contribution < 1.29 is 13.9 Å². The standard InChI is InChI=1S/C14H21O3P/c1-6-17-18(16,7-2)14(15)13-11(4)8-10(3)9-12(13)5/h8-9H,6-7H2,1-5H3. The number of hydrogen-bond acceptors (Lipinski definition) is 3. The SMILES string of the molecule is CCOP(=O)(CC)C(=O)c1c(C)cc(C)cc1C. The Morgan fingerprint density at radius 2 is 1.67 bits per heavy atom. The molecule has 0 aliphatic carbocycles. The fourth-order valence-electron chi connectivity index (χ4n) is 2.19. The molecule has 0 bridgehead atoms. The molecule has 3 nitrogen and oxygen atoms in total. The van der Waals surface area contributed by atoms with Gasteiger partial charge >= 0.3 is 0 Å². The average Bonchev–Trinajstić information content (AvgIpc) is 2.27. The summed E-state index contributed by atoms with van der Waals surface area (Å²) in [6, 6.07) is 3.87. The number of carbonyl (C=O) groups is 1. The van der Waals surface area contributed by atoms with Gasteiger partial charge in [0.1, 0.15) is 0 Å². The van der Waals surface area contributed by atoms with Crippen molar-refractivity contribution in [1.29, 1.82) is 0 Å². The Bertz CT molecular complexity index is 483. The van der Waals surface area contributed by atoms with Crippen molar-refractivity contribution in [3.05, 3.63) is 34.4 Å². The third-order valence-electron chi connectivity index (χ3n) is 2.95. The van der Waals surface area contributed by atoms with Crippen LogP contribution >= 0.6 is 7.37 Å². The minimum absolute atomic E-state index is 0.242. The van der Waals surface area contributed by atoms with Crippen LogP contribution < -0.4 is 0 Å².